The number of amides is 3. The molecule has 16 heteroatoms. The summed E-state index contributed by atoms with van der Waals surface area (Å²) in [5, 5.41) is 10.0. The Morgan fingerprint density at radius 1 is 0.862 bits per heavy atom. The number of aromatic amines is 2. The number of H-pyrrole nitrogens is 2. The van der Waals surface area contributed by atoms with E-state index >= 15 is 0 Å². The van der Waals surface area contributed by atoms with Crippen molar-refractivity contribution < 1.29 is 28.9 Å². The number of imidazole rings is 2. The molecule has 0 saturated carbocycles. The van der Waals surface area contributed by atoms with Gasteiger partial charge in [0.1, 0.15) is 24.3 Å². The lowest BCUT2D eigenvalue weighted by Crippen LogP contribution is -2.51. The molecule has 0 spiro atoms. The summed E-state index contributed by atoms with van der Waals surface area (Å²) in [6.07, 6.45) is 7.27. The van der Waals surface area contributed by atoms with Crippen LogP contribution >= 0.6 is 24.4 Å². The van der Waals surface area contributed by atoms with E-state index in [-0.39, 0.29) is 53.5 Å². The third-order valence-corrected chi connectivity index (χ3v) is 12.8. The predicted molar refractivity (Wildman–Crippen MR) is 228 cm³/mol. The molecule has 6 rings (SSSR count). The van der Waals surface area contributed by atoms with Gasteiger partial charge in [0.2, 0.25) is 18.2 Å². The summed E-state index contributed by atoms with van der Waals surface area (Å²) in [5.41, 5.74) is 5.78. The van der Waals surface area contributed by atoms with Crippen molar-refractivity contribution >= 4 is 48.7 Å². The first-order chi connectivity index (χ1) is 28.0. The largest absolute Gasteiger partial charge is 0.453 e. The van der Waals surface area contributed by atoms with E-state index in [4.69, 9.17) is 25.0 Å². The fraction of sp³-hybridized carbons (Fsp3) is 0.476. The van der Waals surface area contributed by atoms with E-state index in [1.54, 1.807) is 11.8 Å². The van der Waals surface area contributed by atoms with Crippen molar-refractivity contribution in [2.24, 2.45) is 23.7 Å². The Morgan fingerprint density at radius 2 is 1.40 bits per heavy atom. The summed E-state index contributed by atoms with van der Waals surface area (Å²) in [7, 11) is 1.29. The van der Waals surface area contributed by atoms with Crippen LogP contribution in [0.5, 0.6) is 0 Å². The van der Waals surface area contributed by atoms with Crippen LogP contribution in [0.4, 0.5) is 4.79 Å². The number of likely N-dealkylation sites (tertiary alicyclic amines) is 2. The highest BCUT2D eigenvalue weighted by Gasteiger charge is 2.42. The fourth-order valence-corrected chi connectivity index (χ4v) is 8.75. The van der Waals surface area contributed by atoms with Gasteiger partial charge < -0.3 is 34.7 Å². The van der Waals surface area contributed by atoms with E-state index < -0.39 is 18.1 Å². The number of alkyl carbamates (subject to hydrolysis) is 1. The summed E-state index contributed by atoms with van der Waals surface area (Å²) in [6, 6.07) is 15.4. The van der Waals surface area contributed by atoms with Crippen LogP contribution in [0, 0.1) is 29.1 Å². The van der Waals surface area contributed by atoms with Crippen LogP contribution in [-0.4, -0.2) is 104 Å². The molecule has 4 aromatic rings. The minimum atomic E-state index is -0.709. The zero-order valence-electron chi connectivity index (χ0n) is 33.8. The van der Waals surface area contributed by atoms with Gasteiger partial charge in [-0.3, -0.25) is 15.0 Å². The van der Waals surface area contributed by atoms with Crippen LogP contribution in [0.25, 0.3) is 33.6 Å². The van der Waals surface area contributed by atoms with E-state index in [1.165, 1.54) is 7.11 Å². The molecule has 2 fully saturated rings. The Kier molecular flexibility index (Phi) is 14.2. The molecular weight excluding hydrogens is 777 g/mol. The second-order valence-corrected chi connectivity index (χ2v) is 17.1. The third kappa shape index (κ3) is 9.56. The number of nitrogens with zero attached hydrogens (tertiary/aromatic N) is 4. The summed E-state index contributed by atoms with van der Waals surface area (Å²) in [5.74, 6) is 1.65. The van der Waals surface area contributed by atoms with Gasteiger partial charge in [-0.1, -0.05) is 76.2 Å². The fourth-order valence-electron chi connectivity index (χ4n) is 7.81. The smallest absolute Gasteiger partial charge is 0.407 e. The molecule has 0 aliphatic carbocycles. The third-order valence-electron chi connectivity index (χ3n) is 11.2. The normalized spacial score (nSPS) is 20.4. The van der Waals surface area contributed by atoms with Crippen molar-refractivity contribution in [3.8, 4) is 33.6 Å². The molecule has 2 aromatic heterocycles. The molecule has 2 saturated heterocycles. The molecule has 310 valence electrons. The summed E-state index contributed by atoms with van der Waals surface area (Å²) >= 11 is 6.28. The Balaban J connectivity index is 1.13. The number of carbonyl (C=O) groups is 3. The van der Waals surface area contributed by atoms with Crippen LogP contribution in [0.15, 0.2) is 60.9 Å². The molecule has 0 radical (unpaired) electrons. The number of aromatic nitrogens is 4. The van der Waals surface area contributed by atoms with E-state index in [2.05, 4.69) is 81.3 Å². The number of carbonyl (C=O) groups excluding carboxylic acids is 3. The molecule has 2 aliphatic rings. The number of thioether (sulfide) groups is 1. The van der Waals surface area contributed by atoms with Crippen molar-refractivity contribution in [2.45, 2.75) is 63.9 Å². The summed E-state index contributed by atoms with van der Waals surface area (Å²) < 4.78 is 4.79. The van der Waals surface area contributed by atoms with E-state index in [9.17, 15) is 14.4 Å². The molecule has 4 N–H and O–H groups in total. The summed E-state index contributed by atoms with van der Waals surface area (Å²) in [6.45, 7) is 8.98. The number of thiol groups is 1. The zero-order chi connectivity index (χ0) is 41.5. The van der Waals surface area contributed by atoms with Crippen LogP contribution in [0.2, 0.25) is 0 Å². The molecule has 58 heavy (non-hydrogen) atoms. The van der Waals surface area contributed by atoms with E-state index in [0.717, 1.165) is 58.1 Å². The van der Waals surface area contributed by atoms with E-state index in [1.807, 2.05) is 56.1 Å². The molecule has 14 nitrogen and oxygen atoms in total. The first-order valence-corrected chi connectivity index (χ1v) is 21.6. The molecule has 3 amide bonds. The van der Waals surface area contributed by atoms with Gasteiger partial charge in [0.05, 0.1) is 48.9 Å². The second-order valence-electron chi connectivity index (χ2n) is 15.6. The van der Waals surface area contributed by atoms with Gasteiger partial charge in [-0.2, -0.15) is 29.3 Å². The first kappa shape index (κ1) is 42.8. The highest BCUT2D eigenvalue weighted by atomic mass is 32.2. The number of benzene rings is 2. The molecule has 0 bridgehead atoms. The number of hydrogen-bond acceptors (Lipinski definition) is 11. The lowest BCUT2D eigenvalue weighted by atomic mass is 9.95. The van der Waals surface area contributed by atoms with Gasteiger partial charge in [0.15, 0.2) is 0 Å². The standard InChI is InChI=1S/C42H54N8O6S2/c1-24(2)32(21-55-56-23-43)40(51)49-19-26(22-57)15-35(49)38-44-17-33(46-38)29-11-7-27(8-12-29)28-9-13-30(14-10-28)34-18-45-39(47-34)36-16-31(58-6)20-50(36)41(52)37(25(3)4)48-42(53)54-5/h7-14,17-18,23-26,31-32,35-37,43,57H,15-16,19-22H2,1-6H3,(H,44,46)(H,45,47)(H,48,53)/t26-,31-,32+,35+,36?,37+/m1/s1. The topological polar surface area (TPSA) is 179 Å². The average molecular weight is 831 g/mol. The molecule has 4 heterocycles. The molecular formula is C42H54N8O6S2. The quantitative estimate of drug-likeness (QED) is 0.0196. The maximum absolute atomic E-state index is 13.8. The van der Waals surface area contributed by atoms with Gasteiger partial charge in [0, 0.05) is 18.3 Å². The maximum atomic E-state index is 13.8. The molecule has 1 unspecified atom stereocenters. The van der Waals surface area contributed by atoms with Crippen LogP contribution in [0.3, 0.4) is 0 Å². The number of ether oxygens (including phenoxy) is 1. The minimum Gasteiger partial charge on any atom is -0.453 e. The number of methoxy groups -OCH3 is 1. The van der Waals surface area contributed by atoms with Gasteiger partial charge in [0.25, 0.3) is 0 Å². The van der Waals surface area contributed by atoms with Gasteiger partial charge in [-0.25, -0.2) is 14.8 Å². The minimum absolute atomic E-state index is 0.0142. The SMILES string of the molecule is COC(=O)N[C@H](C(=O)N1C[C@H](SC)CC1c1ncc(-c2ccc(-c3ccc(-c4cnc([C@@H]5C[C@@H](CS)CN5C(=O)[C@@H](COOC=N)C(C)C)[nH]4)cc3)cc2)[nH]1)C(C)C. The Morgan fingerprint density at radius 3 is 1.88 bits per heavy atom. The predicted octanol–water partition coefficient (Wildman–Crippen LogP) is 7.17. The molecule has 2 aliphatic heterocycles. The maximum Gasteiger partial charge on any atom is 0.407 e. The summed E-state index contributed by atoms with van der Waals surface area (Å²) in [4.78, 5) is 69.6. The van der Waals surface area contributed by atoms with Gasteiger partial charge >= 0.3 is 6.09 Å². The first-order valence-electron chi connectivity index (χ1n) is 19.6. The van der Waals surface area contributed by atoms with Crippen molar-refractivity contribution in [2.75, 3.05) is 38.8 Å². The second kappa shape index (κ2) is 19.3. The van der Waals surface area contributed by atoms with Crippen molar-refractivity contribution in [1.82, 2.24) is 35.1 Å². The average Bonchev–Trinajstić information content (AvgIpc) is 4.07. The number of rotatable bonds is 16. The lowest BCUT2D eigenvalue weighted by Gasteiger charge is -2.30. The Labute approximate surface area is 349 Å². The monoisotopic (exact) mass is 830 g/mol. The number of hydrogen-bond donors (Lipinski definition) is 5. The van der Waals surface area contributed by atoms with Crippen LogP contribution in [0.1, 0.15) is 64.3 Å². The van der Waals surface area contributed by atoms with E-state index in [0.29, 0.717) is 25.2 Å². The molecule has 6 atom stereocenters. The van der Waals surface area contributed by atoms with Crippen molar-refractivity contribution in [3.05, 3.63) is 72.6 Å². The van der Waals surface area contributed by atoms with Gasteiger partial charge in [-0.05, 0) is 64.9 Å². The molecule has 2 aromatic carbocycles. The highest BCUT2D eigenvalue weighted by molar-refractivity contribution is 7.99. The van der Waals surface area contributed by atoms with Crippen LogP contribution < -0.4 is 5.32 Å². The Bertz CT molecular complexity index is 2020. The number of nitrogens with one attached hydrogen (secondary N) is 4. The van der Waals surface area contributed by atoms with Crippen molar-refractivity contribution in [1.29, 1.82) is 5.41 Å². The van der Waals surface area contributed by atoms with Crippen molar-refractivity contribution in [3.63, 3.8) is 0 Å². The van der Waals surface area contributed by atoms with Crippen LogP contribution in [-0.2, 0) is 24.1 Å². The Hall–Kier alpha value is -4.80. The zero-order valence-corrected chi connectivity index (χ0v) is 35.5. The highest BCUT2D eigenvalue weighted by Crippen LogP contribution is 2.39. The van der Waals surface area contributed by atoms with Gasteiger partial charge in [-0.15, -0.1) is 0 Å². The lowest BCUT2D eigenvalue weighted by molar-refractivity contribution is -0.229.